The summed E-state index contributed by atoms with van der Waals surface area (Å²) < 4.78 is 5.18. The molecule has 126 valence electrons. The van der Waals surface area contributed by atoms with E-state index in [0.29, 0.717) is 37.0 Å². The van der Waals surface area contributed by atoms with Crippen LogP contribution in [0.15, 0.2) is 22.6 Å². The van der Waals surface area contributed by atoms with Gasteiger partial charge >= 0.3 is 11.0 Å². The van der Waals surface area contributed by atoms with E-state index in [1.165, 1.54) is 23.6 Å². The third-order valence-corrected chi connectivity index (χ3v) is 5.23. The summed E-state index contributed by atoms with van der Waals surface area (Å²) in [6.07, 6.45) is 1.44. The van der Waals surface area contributed by atoms with Crippen molar-refractivity contribution in [3.8, 4) is 9.88 Å². The largest absolute Gasteiger partial charge is 0.378 e. The number of morpholine rings is 1. The number of rotatable bonds is 4. The van der Waals surface area contributed by atoms with Gasteiger partial charge in [0.05, 0.1) is 34.9 Å². The van der Waals surface area contributed by atoms with Gasteiger partial charge in [0.1, 0.15) is 5.01 Å². The van der Waals surface area contributed by atoms with Gasteiger partial charge in [-0.2, -0.15) is 5.10 Å². The number of thiazole rings is 1. The quantitative estimate of drug-likeness (QED) is 0.506. The van der Waals surface area contributed by atoms with Gasteiger partial charge in [0.25, 0.3) is 0 Å². The van der Waals surface area contributed by atoms with E-state index in [-0.39, 0.29) is 11.0 Å². The zero-order chi connectivity index (χ0) is 16.9. The fourth-order valence-electron chi connectivity index (χ4n) is 1.99. The molecule has 0 unspecified atom stereocenters. The molecule has 1 saturated heterocycles. The Morgan fingerprint density at radius 1 is 1.46 bits per heavy atom. The van der Waals surface area contributed by atoms with Crippen molar-refractivity contribution in [2.24, 2.45) is 5.10 Å². The summed E-state index contributed by atoms with van der Waals surface area (Å²) >= 11 is 2.43. The van der Waals surface area contributed by atoms with Crippen molar-refractivity contribution >= 4 is 39.9 Å². The van der Waals surface area contributed by atoms with Crippen LogP contribution in [0.1, 0.15) is 5.69 Å². The molecule has 9 nitrogen and oxygen atoms in total. The lowest BCUT2D eigenvalue weighted by Crippen LogP contribution is -2.44. The molecule has 11 heteroatoms. The lowest BCUT2D eigenvalue weighted by Gasteiger charge is -2.25. The molecular weight excluding hydrogens is 354 g/mol. The Balaban J connectivity index is 1.58. The van der Waals surface area contributed by atoms with Crippen LogP contribution in [0, 0.1) is 10.1 Å². The van der Waals surface area contributed by atoms with Crippen LogP contribution in [0.5, 0.6) is 0 Å². The summed E-state index contributed by atoms with van der Waals surface area (Å²) in [5, 5.41) is 17.1. The molecule has 0 bridgehead atoms. The predicted molar refractivity (Wildman–Crippen MR) is 90.6 cm³/mol. The second-order valence-corrected chi connectivity index (χ2v) is 6.67. The van der Waals surface area contributed by atoms with Crippen LogP contribution in [-0.2, 0) is 4.74 Å². The molecule has 2 aromatic rings. The standard InChI is InChI=1S/C13H13N5O4S2/c19-13(17-3-5-22-6-4-17)16-14-7-9-8-23-12(15-9)10-1-2-11(24-10)18(20)21/h1-2,7-8H,3-6H2,(H,16,19)/b14-7+. The number of carbonyl (C=O) groups is 1. The molecule has 1 aliphatic heterocycles. The van der Waals surface area contributed by atoms with Crippen molar-refractivity contribution in [2.75, 3.05) is 26.3 Å². The van der Waals surface area contributed by atoms with Crippen LogP contribution in [0.4, 0.5) is 9.80 Å². The number of hydrogen-bond acceptors (Lipinski definition) is 8. The van der Waals surface area contributed by atoms with Crippen LogP contribution in [0.25, 0.3) is 9.88 Å². The Bertz CT molecular complexity index is 766. The molecule has 3 rings (SSSR count). The minimum absolute atomic E-state index is 0.0770. The predicted octanol–water partition coefficient (Wildman–Crippen LogP) is 2.16. The average Bonchev–Trinajstić information content (AvgIpc) is 3.24. The van der Waals surface area contributed by atoms with Gasteiger partial charge in [-0.1, -0.05) is 11.3 Å². The number of urea groups is 1. The van der Waals surface area contributed by atoms with E-state index in [1.54, 1.807) is 16.3 Å². The maximum absolute atomic E-state index is 11.8. The number of nitrogens with one attached hydrogen (secondary N) is 1. The van der Waals surface area contributed by atoms with Gasteiger partial charge in [-0.05, 0) is 6.07 Å². The molecule has 2 aromatic heterocycles. The zero-order valence-corrected chi connectivity index (χ0v) is 14.0. The van der Waals surface area contributed by atoms with Crippen molar-refractivity contribution in [1.82, 2.24) is 15.3 Å². The van der Waals surface area contributed by atoms with Gasteiger partial charge in [-0.15, -0.1) is 11.3 Å². The molecule has 0 aliphatic carbocycles. The smallest absolute Gasteiger partial charge is 0.337 e. The van der Waals surface area contributed by atoms with E-state index in [9.17, 15) is 14.9 Å². The monoisotopic (exact) mass is 367 g/mol. The second-order valence-electron chi connectivity index (χ2n) is 4.75. The summed E-state index contributed by atoms with van der Waals surface area (Å²) in [7, 11) is 0. The molecule has 0 radical (unpaired) electrons. The van der Waals surface area contributed by atoms with Crippen LogP contribution in [-0.4, -0.2) is 53.4 Å². The van der Waals surface area contributed by atoms with Crippen molar-refractivity contribution in [3.05, 3.63) is 33.3 Å². The summed E-state index contributed by atoms with van der Waals surface area (Å²) in [4.78, 5) is 28.8. The van der Waals surface area contributed by atoms with E-state index < -0.39 is 4.92 Å². The SMILES string of the molecule is O=C(N/N=C/c1csc(-c2ccc([N+](=O)[O-])s2)n1)N1CCOCC1. The summed E-state index contributed by atoms with van der Waals surface area (Å²) in [6.45, 7) is 2.14. The van der Waals surface area contributed by atoms with Crippen molar-refractivity contribution in [2.45, 2.75) is 0 Å². The Hall–Kier alpha value is -2.37. The number of hydrogen-bond donors (Lipinski definition) is 1. The molecule has 1 fully saturated rings. The normalized spacial score (nSPS) is 14.9. The van der Waals surface area contributed by atoms with Gasteiger partial charge in [-0.3, -0.25) is 10.1 Å². The van der Waals surface area contributed by atoms with Crippen LogP contribution < -0.4 is 5.43 Å². The van der Waals surface area contributed by atoms with Crippen LogP contribution in [0.3, 0.4) is 0 Å². The average molecular weight is 367 g/mol. The first-order valence-electron chi connectivity index (χ1n) is 6.99. The number of hydrazone groups is 1. The van der Waals surface area contributed by atoms with E-state index in [1.807, 2.05) is 0 Å². The Labute approximate surface area is 144 Å². The molecule has 0 saturated carbocycles. The molecule has 0 atom stereocenters. The fourth-order valence-corrected chi connectivity index (χ4v) is 3.65. The van der Waals surface area contributed by atoms with Gasteiger partial charge in [0, 0.05) is 24.5 Å². The van der Waals surface area contributed by atoms with E-state index in [4.69, 9.17) is 4.74 Å². The summed E-state index contributed by atoms with van der Waals surface area (Å²) in [6, 6.07) is 2.85. The van der Waals surface area contributed by atoms with Gasteiger partial charge in [-0.25, -0.2) is 15.2 Å². The third-order valence-electron chi connectivity index (χ3n) is 3.16. The molecule has 1 aliphatic rings. The minimum atomic E-state index is -0.425. The molecule has 0 spiro atoms. The lowest BCUT2D eigenvalue weighted by atomic mass is 10.4. The number of thiophene rings is 1. The maximum Gasteiger partial charge on any atom is 0.337 e. The van der Waals surface area contributed by atoms with Gasteiger partial charge < -0.3 is 9.64 Å². The number of amides is 2. The van der Waals surface area contributed by atoms with Crippen molar-refractivity contribution in [1.29, 1.82) is 0 Å². The van der Waals surface area contributed by atoms with Crippen LogP contribution >= 0.6 is 22.7 Å². The highest BCUT2D eigenvalue weighted by Crippen LogP contribution is 2.34. The number of aromatic nitrogens is 1. The number of nitro groups is 1. The molecule has 2 amide bonds. The zero-order valence-electron chi connectivity index (χ0n) is 12.4. The number of carbonyl (C=O) groups excluding carboxylic acids is 1. The number of nitrogens with zero attached hydrogens (tertiary/aromatic N) is 4. The van der Waals surface area contributed by atoms with E-state index >= 15 is 0 Å². The van der Waals surface area contributed by atoms with Crippen molar-refractivity contribution in [3.63, 3.8) is 0 Å². The molecule has 24 heavy (non-hydrogen) atoms. The Morgan fingerprint density at radius 3 is 2.96 bits per heavy atom. The highest BCUT2D eigenvalue weighted by molar-refractivity contribution is 7.23. The Morgan fingerprint density at radius 2 is 2.25 bits per heavy atom. The molecule has 0 aromatic carbocycles. The summed E-state index contributed by atoms with van der Waals surface area (Å²) in [5.74, 6) is 0. The van der Waals surface area contributed by atoms with Crippen LogP contribution in [0.2, 0.25) is 0 Å². The number of ether oxygens (including phenoxy) is 1. The van der Waals surface area contributed by atoms with Crippen molar-refractivity contribution < 1.29 is 14.5 Å². The molecule has 1 N–H and O–H groups in total. The van der Waals surface area contributed by atoms with Gasteiger partial charge in [0.15, 0.2) is 0 Å². The van der Waals surface area contributed by atoms with E-state index in [0.717, 1.165) is 16.2 Å². The first kappa shape index (κ1) is 16.5. The first-order valence-corrected chi connectivity index (χ1v) is 8.69. The summed E-state index contributed by atoms with van der Waals surface area (Å²) in [5.41, 5.74) is 3.02. The lowest BCUT2D eigenvalue weighted by molar-refractivity contribution is -0.380. The van der Waals surface area contributed by atoms with E-state index in [2.05, 4.69) is 15.5 Å². The third kappa shape index (κ3) is 3.93. The maximum atomic E-state index is 11.8. The first-order chi connectivity index (χ1) is 11.6. The fraction of sp³-hybridized carbons (Fsp3) is 0.308. The highest BCUT2D eigenvalue weighted by atomic mass is 32.1. The minimum Gasteiger partial charge on any atom is -0.378 e. The topological polar surface area (TPSA) is 110 Å². The molecular formula is C13H13N5O4S2. The molecule has 3 heterocycles. The Kier molecular flexibility index (Phi) is 5.13. The highest BCUT2D eigenvalue weighted by Gasteiger charge is 2.16. The second kappa shape index (κ2) is 7.47. The van der Waals surface area contributed by atoms with Gasteiger partial charge in [0.2, 0.25) is 0 Å².